The number of nitrogens with zero attached hydrogens (tertiary/aromatic N) is 3. The van der Waals surface area contributed by atoms with E-state index in [1.54, 1.807) is 0 Å². The summed E-state index contributed by atoms with van der Waals surface area (Å²) in [6.45, 7) is 6.94. The maximum atomic E-state index is 14.2. The normalized spacial score (nSPS) is 26.4. The quantitative estimate of drug-likeness (QED) is 0.0201. The van der Waals surface area contributed by atoms with Crippen LogP contribution < -0.4 is 77.2 Å². The summed E-state index contributed by atoms with van der Waals surface area (Å²) in [6.07, 6.45) is 2.63. The van der Waals surface area contributed by atoms with Crippen molar-refractivity contribution in [2.45, 2.75) is 337 Å². The van der Waals surface area contributed by atoms with Gasteiger partial charge in [-0.25, -0.2) is 0 Å². The number of unbranched alkanes of at least 4 members (excludes halogenated alkanes) is 11. The van der Waals surface area contributed by atoms with Crippen LogP contribution in [0.15, 0.2) is 0 Å². The largest absolute Gasteiger partial charge is 1.00 e. The summed E-state index contributed by atoms with van der Waals surface area (Å²) >= 11 is 0. The van der Waals surface area contributed by atoms with Crippen molar-refractivity contribution in [2.75, 3.05) is 125 Å². The van der Waals surface area contributed by atoms with Crippen LogP contribution >= 0.6 is 0 Å². The van der Waals surface area contributed by atoms with E-state index in [4.69, 9.17) is 28.4 Å². The summed E-state index contributed by atoms with van der Waals surface area (Å²) in [6, 6.07) is -3.23. The molecule has 7 fully saturated rings. The van der Waals surface area contributed by atoms with Crippen LogP contribution in [0.5, 0.6) is 0 Å². The Morgan fingerprint density at radius 3 is 0.984 bits per heavy atom. The molecule has 15 atom stereocenters. The van der Waals surface area contributed by atoms with Crippen molar-refractivity contribution in [1.29, 1.82) is 0 Å². The van der Waals surface area contributed by atoms with Gasteiger partial charge < -0.3 is 142 Å². The molecule has 1 spiro atoms. The van der Waals surface area contributed by atoms with Crippen molar-refractivity contribution >= 4 is 65.0 Å². The first-order valence-electron chi connectivity index (χ1n) is 46.8. The molecule has 6 heterocycles. The van der Waals surface area contributed by atoms with Gasteiger partial charge in [-0.15, -0.1) is 6.61 Å². The summed E-state index contributed by atoms with van der Waals surface area (Å²) in [5, 5.41) is 136. The van der Waals surface area contributed by atoms with Crippen molar-refractivity contribution in [2.24, 2.45) is 28.1 Å². The molecule has 0 aromatic heterocycles. The Hall–Kier alpha value is -5.51. The van der Waals surface area contributed by atoms with Crippen molar-refractivity contribution in [3.8, 4) is 0 Å². The Kier molecular flexibility index (Phi) is 50.9. The molecule has 11 amide bonds. The van der Waals surface area contributed by atoms with Crippen LogP contribution in [-0.2, 0) is 81.2 Å². The van der Waals surface area contributed by atoms with Gasteiger partial charge in [-0.05, 0) is 170 Å². The van der Waals surface area contributed by atoms with Gasteiger partial charge in [0, 0.05) is 176 Å². The molecular weight excluding hydrogens is 1680 g/mol. The number of amides is 11. The SMILES string of the molecule is CC(=O)NC1C(OCCCCC(=O)NCCCCCC(=O)NCC(CCC(=O)NCCCCCC(=O)N2CC3(CCC(C[O-])(CO)CC3)C2)(C2CCN(C(=O)CCCCCNC(=O)CCCCOC3OC(CO)C(O)C(O)C3NC(C)=O)CC2)C2CCN(C(=O)CCCCCNC(=O)CCCCOC3OC(CO)C(O)C(O)C3NC(C)=O)CC2)OC(CO)C(O)C1O.[Na+]. The van der Waals surface area contributed by atoms with Gasteiger partial charge in [0.1, 0.15) is 73.1 Å². The monoisotopic (exact) mass is 1830 g/mol. The molecule has 1 saturated carbocycles. The number of hydrogen-bond acceptors (Lipinski definition) is 28. The number of carbonyl (C=O) groups excluding carboxylic acids is 11. The fourth-order valence-electron chi connectivity index (χ4n) is 18.8. The second-order valence-electron chi connectivity index (χ2n) is 36.3. The summed E-state index contributed by atoms with van der Waals surface area (Å²) < 4.78 is 34.2. The zero-order chi connectivity index (χ0) is 92.5. The molecule has 40 heteroatoms. The van der Waals surface area contributed by atoms with E-state index in [0.717, 1.165) is 19.3 Å². The van der Waals surface area contributed by atoms with Crippen LogP contribution in [0.2, 0.25) is 0 Å². The fraction of sp³-hybridized carbons (Fsp3) is 0.875. The number of ether oxygens (including phenoxy) is 6. The Bertz CT molecular complexity index is 3230. The van der Waals surface area contributed by atoms with Gasteiger partial charge in [0.2, 0.25) is 65.0 Å². The number of aliphatic hydroxyl groups excluding tert-OH is 10. The molecule has 0 radical (unpaired) electrons. The number of likely N-dealkylation sites (tertiary alicyclic amines) is 3. The van der Waals surface area contributed by atoms with E-state index in [1.165, 1.54) is 20.8 Å². The van der Waals surface area contributed by atoms with Crippen LogP contribution in [0, 0.1) is 28.1 Å². The molecule has 7 rings (SSSR count). The second-order valence-corrected chi connectivity index (χ2v) is 36.3. The summed E-state index contributed by atoms with van der Waals surface area (Å²) in [4.78, 5) is 149. The van der Waals surface area contributed by atoms with Crippen molar-refractivity contribution < 1.29 is 167 Å². The Morgan fingerprint density at radius 1 is 0.383 bits per heavy atom. The minimum absolute atomic E-state index is 0. The third-order valence-electron chi connectivity index (χ3n) is 26.7. The maximum absolute atomic E-state index is 14.2. The smallest absolute Gasteiger partial charge is 0.854 e. The van der Waals surface area contributed by atoms with Gasteiger partial charge in [0.25, 0.3) is 0 Å². The third-order valence-corrected chi connectivity index (χ3v) is 26.7. The number of hydrogen-bond donors (Lipinski definition) is 18. The van der Waals surface area contributed by atoms with E-state index in [0.29, 0.717) is 239 Å². The molecule has 0 aromatic carbocycles. The van der Waals surface area contributed by atoms with E-state index in [-0.39, 0.29) is 166 Å². The number of piperidine rings is 2. The summed E-state index contributed by atoms with van der Waals surface area (Å²) in [7, 11) is 0. The van der Waals surface area contributed by atoms with Crippen LogP contribution in [-0.4, -0.2) is 348 Å². The molecule has 15 unspecified atom stereocenters. The van der Waals surface area contributed by atoms with Crippen LogP contribution in [0.3, 0.4) is 0 Å². The van der Waals surface area contributed by atoms with Gasteiger partial charge in [-0.3, -0.25) is 52.7 Å². The first kappa shape index (κ1) is 111. The van der Waals surface area contributed by atoms with E-state index in [9.17, 15) is 109 Å². The third kappa shape index (κ3) is 36.0. The van der Waals surface area contributed by atoms with Gasteiger partial charge in [0.15, 0.2) is 18.9 Å². The number of rotatable bonds is 57. The number of nitrogens with one attached hydrogen (secondary N) is 8. The number of aliphatic hydroxyl groups is 10. The van der Waals surface area contributed by atoms with E-state index < -0.39 is 140 Å². The fourth-order valence-corrected chi connectivity index (χ4v) is 18.8. The molecule has 7 aliphatic rings. The minimum Gasteiger partial charge on any atom is -0.854 e. The van der Waals surface area contributed by atoms with Crippen LogP contribution in [0.25, 0.3) is 0 Å². The minimum atomic E-state index is -1.45. The first-order valence-corrected chi connectivity index (χ1v) is 46.8. The van der Waals surface area contributed by atoms with E-state index in [2.05, 4.69) is 42.5 Å². The Labute approximate surface area is 775 Å². The van der Waals surface area contributed by atoms with Crippen molar-refractivity contribution in [3.63, 3.8) is 0 Å². The zero-order valence-electron chi connectivity index (χ0n) is 76.2. The van der Waals surface area contributed by atoms with E-state index in [1.807, 2.05) is 14.7 Å². The van der Waals surface area contributed by atoms with E-state index >= 15 is 0 Å². The average molecular weight is 1840 g/mol. The van der Waals surface area contributed by atoms with Gasteiger partial charge in [0.05, 0.1) is 19.8 Å². The molecular formula is C88H152N11NaO28. The molecule has 6 aliphatic heterocycles. The summed E-state index contributed by atoms with van der Waals surface area (Å²) in [5.41, 5.74) is -1.18. The predicted molar refractivity (Wildman–Crippen MR) is 457 cm³/mol. The molecule has 0 bridgehead atoms. The first-order chi connectivity index (χ1) is 60.9. The molecule has 6 saturated heterocycles. The standard InChI is InChI=1S/C88H152N11O28.Na/c1-58(105)94-74-80(119)77(116)63(50-100)125-83(74)122-47-19-12-23-66(108)89-39-15-4-8-22-69(111)93-53-88(34-29-70(112)92-42-18-7-11-28-73(115)99-54-86(55-99)35-37-87(56-103,57-104)38-36-86,61-30-43-97(44-31-61)71(113)26-9-5-16-40-90-67(109)24-13-20-48-123-84-75(95-59(2)106)81(120)78(117)64(51-101)126-84)62-32-45-98(46-33-62)72(114)27-10-6-17-41-91-68(110)25-14-21-49-124-85-76(96-60(3)107)82(121)79(118)65(52-102)127-85;/h61-65,74-85,100-103,116-121H,4-57H2,1-3H3,(H,89,108)(H,90,109)(H,91,110)(H,92,112)(H,93,111)(H,94,105)(H,95,106)(H,96,107);/q-1;+1. The second kappa shape index (κ2) is 58.6. The summed E-state index contributed by atoms with van der Waals surface area (Å²) in [5.74, 6) is -2.23. The molecule has 39 nitrogen and oxygen atoms in total. The van der Waals surface area contributed by atoms with Gasteiger partial charge in [-0.2, -0.15) is 0 Å². The predicted octanol–water partition coefficient (Wildman–Crippen LogP) is -4.81. The van der Waals surface area contributed by atoms with Crippen molar-refractivity contribution in [1.82, 2.24) is 57.2 Å². The van der Waals surface area contributed by atoms with Crippen LogP contribution in [0.1, 0.15) is 245 Å². The zero-order valence-corrected chi connectivity index (χ0v) is 78.2. The average Bonchev–Trinajstić information content (AvgIpc) is 0.755. The molecule has 18 N–H and O–H groups in total. The Balaban J connectivity index is 0.0000253. The molecule has 0 aromatic rings. The maximum Gasteiger partial charge on any atom is 1.00 e. The molecule has 128 heavy (non-hydrogen) atoms. The van der Waals surface area contributed by atoms with Crippen molar-refractivity contribution in [3.05, 3.63) is 0 Å². The van der Waals surface area contributed by atoms with Gasteiger partial charge >= 0.3 is 29.6 Å². The Morgan fingerprint density at radius 2 is 0.680 bits per heavy atom. The topological polar surface area (TPSA) is 574 Å². The number of carbonyl (C=O) groups is 11. The van der Waals surface area contributed by atoms with Crippen LogP contribution in [0.4, 0.5) is 0 Å². The molecule has 1 aliphatic carbocycles. The molecule has 728 valence electrons. The van der Waals surface area contributed by atoms with Gasteiger partial charge in [-0.1, -0.05) is 25.7 Å².